The lowest BCUT2D eigenvalue weighted by atomic mass is 9.78. The van der Waals surface area contributed by atoms with E-state index in [1.807, 2.05) is 0 Å². The fourth-order valence-corrected chi connectivity index (χ4v) is 6.54. The van der Waals surface area contributed by atoms with Gasteiger partial charge in [0.25, 0.3) is 5.91 Å². The van der Waals surface area contributed by atoms with Crippen LogP contribution in [0.4, 0.5) is 0 Å². The van der Waals surface area contributed by atoms with Gasteiger partial charge in [0.05, 0.1) is 4.88 Å². The summed E-state index contributed by atoms with van der Waals surface area (Å²) < 4.78 is 0. The molecule has 0 aliphatic heterocycles. The molecule has 0 fully saturated rings. The summed E-state index contributed by atoms with van der Waals surface area (Å²) in [7, 11) is 3.59. The number of H-pyrrole nitrogens is 1. The van der Waals surface area contributed by atoms with Gasteiger partial charge >= 0.3 is 0 Å². The number of hydrogen-bond donors (Lipinski definition) is 1. The van der Waals surface area contributed by atoms with E-state index >= 15 is 0 Å². The maximum atomic E-state index is 12.6. The number of thiophene rings is 2. The first-order chi connectivity index (χ1) is 12.6. The van der Waals surface area contributed by atoms with E-state index in [1.165, 1.54) is 20.9 Å². The largest absolute Gasteiger partial charge is 0.344 e. The summed E-state index contributed by atoms with van der Waals surface area (Å²) in [4.78, 5) is 17.5. The van der Waals surface area contributed by atoms with Crippen LogP contribution < -0.4 is 0 Å². The summed E-state index contributed by atoms with van der Waals surface area (Å²) in [5.74, 6) is 0.755. The smallest absolute Gasteiger partial charge is 0.263 e. The highest BCUT2D eigenvalue weighted by molar-refractivity contribution is 7.15. The zero-order valence-electron chi connectivity index (χ0n) is 15.1. The number of tetrazole rings is 1. The Bertz CT molecular complexity index is 927. The van der Waals surface area contributed by atoms with Gasteiger partial charge in [-0.25, -0.2) is 0 Å². The quantitative estimate of drug-likeness (QED) is 0.746. The lowest BCUT2D eigenvalue weighted by Crippen LogP contribution is -2.30. The van der Waals surface area contributed by atoms with Gasteiger partial charge in [0.2, 0.25) is 0 Å². The lowest BCUT2D eigenvalue weighted by Gasteiger charge is -2.29. The first kappa shape index (κ1) is 17.4. The second-order valence-corrected chi connectivity index (χ2v) is 8.80. The Morgan fingerprint density at radius 1 is 1.31 bits per heavy atom. The van der Waals surface area contributed by atoms with Crippen LogP contribution in [0.15, 0.2) is 17.5 Å². The zero-order chi connectivity index (χ0) is 18.3. The van der Waals surface area contributed by atoms with Crippen molar-refractivity contribution in [2.75, 3.05) is 14.1 Å². The minimum atomic E-state index is -0.424. The number of carbonyl (C=O) groups excluding carboxylic acids is 1. The van der Waals surface area contributed by atoms with Crippen molar-refractivity contribution in [1.29, 1.82) is 0 Å². The maximum absolute atomic E-state index is 12.6. The molecule has 1 amide bonds. The highest BCUT2D eigenvalue weighted by atomic mass is 32.1. The number of rotatable bonds is 4. The van der Waals surface area contributed by atoms with E-state index in [-0.39, 0.29) is 5.91 Å². The Hall–Kier alpha value is -2.06. The number of aromatic amines is 1. The Balaban J connectivity index is 2.00. The fourth-order valence-electron chi connectivity index (χ4n) is 3.84. The topological polar surface area (TPSA) is 74.8 Å². The second-order valence-electron chi connectivity index (χ2n) is 6.83. The molecule has 3 aromatic rings. The number of aryl methyl sites for hydroxylation is 2. The van der Waals surface area contributed by atoms with Gasteiger partial charge in [-0.3, -0.25) is 4.79 Å². The molecule has 0 radical (unpaired) electrons. The van der Waals surface area contributed by atoms with Crippen LogP contribution in [0.2, 0.25) is 0 Å². The molecule has 26 heavy (non-hydrogen) atoms. The second kappa shape index (κ2) is 6.59. The highest BCUT2D eigenvalue weighted by Gasteiger charge is 2.46. The van der Waals surface area contributed by atoms with E-state index in [2.05, 4.69) is 45.1 Å². The molecule has 6 nitrogen and oxygen atoms in total. The predicted octanol–water partition coefficient (Wildman–Crippen LogP) is 3.26. The number of nitrogens with one attached hydrogen (secondary N) is 1. The third kappa shape index (κ3) is 2.51. The van der Waals surface area contributed by atoms with Crippen LogP contribution in [0.3, 0.4) is 0 Å². The van der Waals surface area contributed by atoms with Crippen LogP contribution in [0.1, 0.15) is 56.1 Å². The van der Waals surface area contributed by atoms with E-state index in [0.717, 1.165) is 30.6 Å². The standard InChI is InChI=1S/C18H21N5OS2/c1-4-8-18(17-19-21-22-20-17)14-11(7-9-25-14)5-6-12-10-13(26-15(12)18)16(24)23(2)3/h7,9-10H,4-6,8H2,1-3H3,(H,19,20,21,22). The Morgan fingerprint density at radius 3 is 2.81 bits per heavy atom. The third-order valence-electron chi connectivity index (χ3n) is 4.96. The molecule has 1 aliphatic carbocycles. The van der Waals surface area contributed by atoms with E-state index in [0.29, 0.717) is 5.82 Å². The van der Waals surface area contributed by atoms with Crippen molar-refractivity contribution in [2.45, 2.75) is 38.0 Å². The molecular weight excluding hydrogens is 366 g/mol. The average molecular weight is 388 g/mol. The van der Waals surface area contributed by atoms with Gasteiger partial charge in [-0.2, -0.15) is 5.21 Å². The molecule has 0 aromatic carbocycles. The molecule has 1 atom stereocenters. The molecule has 3 aromatic heterocycles. The molecule has 1 unspecified atom stereocenters. The van der Waals surface area contributed by atoms with E-state index in [4.69, 9.17) is 0 Å². The molecule has 0 spiro atoms. The SMILES string of the molecule is CCCC1(c2nn[nH]n2)c2sccc2CCc2cc(C(=O)N(C)C)sc21. The van der Waals surface area contributed by atoms with Gasteiger partial charge in [-0.05, 0) is 47.9 Å². The summed E-state index contributed by atoms with van der Waals surface area (Å²) in [6.07, 6.45) is 3.78. The van der Waals surface area contributed by atoms with Gasteiger partial charge in [0, 0.05) is 23.8 Å². The molecular formula is C18H21N5OS2. The molecule has 3 heterocycles. The molecule has 0 bridgehead atoms. The van der Waals surface area contributed by atoms with Crippen LogP contribution in [0.25, 0.3) is 0 Å². The summed E-state index contributed by atoms with van der Waals surface area (Å²) in [6.45, 7) is 2.18. The third-order valence-corrected chi connectivity index (χ3v) is 7.41. The van der Waals surface area contributed by atoms with E-state index in [9.17, 15) is 4.79 Å². The first-order valence-corrected chi connectivity index (χ1v) is 10.4. The number of nitrogens with zero attached hydrogens (tertiary/aromatic N) is 4. The van der Waals surface area contributed by atoms with Gasteiger partial charge in [-0.15, -0.1) is 32.9 Å². The van der Waals surface area contributed by atoms with Gasteiger partial charge in [0.15, 0.2) is 5.82 Å². The highest BCUT2D eigenvalue weighted by Crippen LogP contribution is 2.51. The molecule has 1 N–H and O–H groups in total. The van der Waals surface area contributed by atoms with Gasteiger partial charge in [-0.1, -0.05) is 18.6 Å². The first-order valence-electron chi connectivity index (χ1n) is 8.73. The van der Waals surface area contributed by atoms with Gasteiger partial charge < -0.3 is 4.90 Å². The minimum absolute atomic E-state index is 0.0491. The summed E-state index contributed by atoms with van der Waals surface area (Å²) in [5, 5.41) is 17.5. The molecule has 4 rings (SSSR count). The Labute approximate surface area is 160 Å². The summed E-state index contributed by atoms with van der Waals surface area (Å²) in [5.41, 5.74) is 2.17. The van der Waals surface area contributed by atoms with Crippen LogP contribution in [0, 0.1) is 0 Å². The van der Waals surface area contributed by atoms with Crippen molar-refractivity contribution in [2.24, 2.45) is 0 Å². The van der Waals surface area contributed by atoms with E-state index in [1.54, 1.807) is 41.7 Å². The molecule has 8 heteroatoms. The van der Waals surface area contributed by atoms with Crippen molar-refractivity contribution in [1.82, 2.24) is 25.5 Å². The van der Waals surface area contributed by atoms with Gasteiger partial charge in [0.1, 0.15) is 5.41 Å². The number of hydrogen-bond acceptors (Lipinski definition) is 6. The summed E-state index contributed by atoms with van der Waals surface area (Å²) >= 11 is 3.35. The zero-order valence-corrected chi connectivity index (χ0v) is 16.7. The number of aromatic nitrogens is 4. The lowest BCUT2D eigenvalue weighted by molar-refractivity contribution is 0.0832. The molecule has 136 valence electrons. The van der Waals surface area contributed by atoms with Crippen molar-refractivity contribution in [3.8, 4) is 0 Å². The monoisotopic (exact) mass is 387 g/mol. The van der Waals surface area contributed by atoms with Crippen LogP contribution >= 0.6 is 22.7 Å². The average Bonchev–Trinajstić information content (AvgIpc) is 3.37. The van der Waals surface area contributed by atoms with Crippen LogP contribution in [-0.2, 0) is 18.3 Å². The number of carbonyl (C=O) groups is 1. The van der Waals surface area contributed by atoms with Crippen molar-refractivity contribution in [3.63, 3.8) is 0 Å². The molecule has 0 saturated carbocycles. The Kier molecular flexibility index (Phi) is 4.40. The molecule has 0 saturated heterocycles. The minimum Gasteiger partial charge on any atom is -0.344 e. The van der Waals surface area contributed by atoms with Crippen LogP contribution in [-0.4, -0.2) is 45.5 Å². The van der Waals surface area contributed by atoms with E-state index < -0.39 is 5.41 Å². The van der Waals surface area contributed by atoms with Crippen molar-refractivity contribution in [3.05, 3.63) is 49.1 Å². The molecule has 1 aliphatic rings. The fraction of sp³-hybridized carbons (Fsp3) is 0.444. The summed E-state index contributed by atoms with van der Waals surface area (Å²) in [6, 6.07) is 4.29. The van der Waals surface area contributed by atoms with Crippen LogP contribution in [0.5, 0.6) is 0 Å². The van der Waals surface area contributed by atoms with Crippen molar-refractivity contribution < 1.29 is 4.79 Å². The predicted molar refractivity (Wildman–Crippen MR) is 103 cm³/mol. The van der Waals surface area contributed by atoms with Crippen molar-refractivity contribution >= 4 is 28.6 Å². The number of fused-ring (bicyclic) bond motifs is 2. The number of amides is 1. The Morgan fingerprint density at radius 2 is 2.12 bits per heavy atom. The maximum Gasteiger partial charge on any atom is 0.263 e. The normalized spacial score (nSPS) is 18.9.